The Morgan fingerprint density at radius 1 is 1.33 bits per heavy atom. The molecule has 0 radical (unpaired) electrons. The molecule has 3 rings (SSSR count). The Labute approximate surface area is 149 Å². The van der Waals surface area contributed by atoms with Gasteiger partial charge in [0.25, 0.3) is 0 Å². The van der Waals surface area contributed by atoms with E-state index in [4.69, 9.17) is 0 Å². The first-order chi connectivity index (χ1) is 11.7. The van der Waals surface area contributed by atoms with Crippen molar-refractivity contribution in [2.45, 2.75) is 50.7 Å². The summed E-state index contributed by atoms with van der Waals surface area (Å²) in [5.41, 5.74) is -0.565. The predicted octanol–water partition coefficient (Wildman–Crippen LogP) is 2.36. The van der Waals surface area contributed by atoms with Gasteiger partial charge in [0.2, 0.25) is 0 Å². The molecule has 0 bridgehead atoms. The highest BCUT2D eigenvalue weighted by molar-refractivity contribution is 7.10. The lowest BCUT2D eigenvalue weighted by molar-refractivity contribution is -0.0236. The second kappa shape index (κ2) is 8.32. The fourth-order valence-electron chi connectivity index (χ4n) is 3.45. The Morgan fingerprint density at radius 2 is 2.12 bits per heavy atom. The third-order valence-electron chi connectivity index (χ3n) is 5.08. The standard InChI is InChI=1S/C18H30N4OS/c1-2-19-17(21-14-18(23)8-6-9-18)20-13-15(16-7-5-12-24-16)22-10-3-4-11-22/h5,7,12,15,23H,2-4,6,8-11,13-14H2,1H3,(H2,19,20,21). The predicted molar refractivity (Wildman–Crippen MR) is 101 cm³/mol. The number of nitrogens with zero attached hydrogens (tertiary/aromatic N) is 2. The molecule has 1 saturated carbocycles. The second-order valence-corrected chi connectivity index (χ2v) is 7.91. The van der Waals surface area contributed by atoms with Gasteiger partial charge in [0.15, 0.2) is 5.96 Å². The van der Waals surface area contributed by atoms with E-state index < -0.39 is 5.60 Å². The van der Waals surface area contributed by atoms with E-state index in [9.17, 15) is 5.11 Å². The van der Waals surface area contributed by atoms with Crippen LogP contribution in [0.1, 0.15) is 49.9 Å². The summed E-state index contributed by atoms with van der Waals surface area (Å²) >= 11 is 1.83. The van der Waals surface area contributed by atoms with Crippen molar-refractivity contribution < 1.29 is 5.11 Å². The van der Waals surface area contributed by atoms with Crippen molar-refractivity contribution in [1.29, 1.82) is 0 Å². The van der Waals surface area contributed by atoms with Gasteiger partial charge in [-0.05, 0) is 63.6 Å². The molecule has 2 heterocycles. The van der Waals surface area contributed by atoms with E-state index in [1.807, 2.05) is 11.3 Å². The number of guanidine groups is 1. The van der Waals surface area contributed by atoms with Gasteiger partial charge in [0.1, 0.15) is 0 Å². The van der Waals surface area contributed by atoms with Crippen molar-refractivity contribution in [3.63, 3.8) is 0 Å². The molecule has 0 amide bonds. The summed E-state index contributed by atoms with van der Waals surface area (Å²) in [5, 5.41) is 19.2. The maximum Gasteiger partial charge on any atom is 0.191 e. The number of thiophene rings is 1. The number of likely N-dealkylation sites (tertiary alicyclic amines) is 1. The molecule has 1 unspecified atom stereocenters. The number of hydrogen-bond donors (Lipinski definition) is 3. The average Bonchev–Trinajstić information content (AvgIpc) is 3.25. The van der Waals surface area contributed by atoms with Crippen LogP contribution in [0.4, 0.5) is 0 Å². The van der Waals surface area contributed by atoms with E-state index in [-0.39, 0.29) is 0 Å². The molecule has 3 N–H and O–H groups in total. The quantitative estimate of drug-likeness (QED) is 0.522. The largest absolute Gasteiger partial charge is 0.388 e. The number of aliphatic imine (C=N–C) groups is 1. The van der Waals surface area contributed by atoms with Gasteiger partial charge in [0.05, 0.1) is 18.2 Å². The molecule has 1 aliphatic heterocycles. The average molecular weight is 351 g/mol. The Morgan fingerprint density at radius 3 is 2.71 bits per heavy atom. The lowest BCUT2D eigenvalue weighted by atomic mass is 9.80. The molecule has 0 aromatic carbocycles. The van der Waals surface area contributed by atoms with E-state index in [0.717, 1.165) is 38.3 Å². The fraction of sp³-hybridized carbons (Fsp3) is 0.722. The zero-order chi connectivity index (χ0) is 16.8. The number of rotatable bonds is 7. The molecule has 1 aromatic heterocycles. The van der Waals surface area contributed by atoms with Gasteiger partial charge in [-0.1, -0.05) is 6.07 Å². The molecule has 1 saturated heterocycles. The Kier molecular flexibility index (Phi) is 6.14. The molecule has 5 nitrogen and oxygen atoms in total. The minimum atomic E-state index is -0.565. The van der Waals surface area contributed by atoms with Gasteiger partial charge in [-0.25, -0.2) is 0 Å². The topological polar surface area (TPSA) is 59.9 Å². The second-order valence-electron chi connectivity index (χ2n) is 6.93. The van der Waals surface area contributed by atoms with Crippen LogP contribution in [0.2, 0.25) is 0 Å². The van der Waals surface area contributed by atoms with Crippen molar-refractivity contribution in [1.82, 2.24) is 15.5 Å². The molecule has 2 fully saturated rings. The molecule has 2 aliphatic rings. The molecule has 6 heteroatoms. The highest BCUT2D eigenvalue weighted by atomic mass is 32.1. The van der Waals surface area contributed by atoms with Crippen LogP contribution in [-0.4, -0.2) is 54.3 Å². The van der Waals surface area contributed by atoms with Gasteiger partial charge >= 0.3 is 0 Å². The fourth-order valence-corrected chi connectivity index (χ4v) is 4.31. The van der Waals surface area contributed by atoms with E-state index in [1.165, 1.54) is 30.8 Å². The van der Waals surface area contributed by atoms with Crippen LogP contribution >= 0.6 is 11.3 Å². The molecule has 0 spiro atoms. The maximum atomic E-state index is 10.3. The van der Waals surface area contributed by atoms with Gasteiger partial charge < -0.3 is 15.7 Å². The monoisotopic (exact) mass is 350 g/mol. The van der Waals surface area contributed by atoms with Crippen molar-refractivity contribution in [3.05, 3.63) is 22.4 Å². The number of aliphatic hydroxyl groups is 1. The summed E-state index contributed by atoms with van der Waals surface area (Å²) < 4.78 is 0. The van der Waals surface area contributed by atoms with Crippen LogP contribution in [0.25, 0.3) is 0 Å². The molecule has 134 valence electrons. The summed E-state index contributed by atoms with van der Waals surface area (Å²) in [7, 11) is 0. The first kappa shape index (κ1) is 17.7. The first-order valence-corrected chi connectivity index (χ1v) is 10.1. The Hall–Kier alpha value is -1.11. The highest BCUT2D eigenvalue weighted by Crippen LogP contribution is 2.31. The van der Waals surface area contributed by atoms with Crippen molar-refractivity contribution in [2.24, 2.45) is 4.99 Å². The van der Waals surface area contributed by atoms with Crippen molar-refractivity contribution in [2.75, 3.05) is 32.7 Å². The van der Waals surface area contributed by atoms with Crippen LogP contribution in [0.15, 0.2) is 22.5 Å². The third kappa shape index (κ3) is 4.49. The molecular weight excluding hydrogens is 320 g/mol. The summed E-state index contributed by atoms with van der Waals surface area (Å²) in [5.74, 6) is 0.818. The zero-order valence-corrected chi connectivity index (χ0v) is 15.4. The lowest BCUT2D eigenvalue weighted by Crippen LogP contribution is -2.45. The Balaban J connectivity index is 1.61. The first-order valence-electron chi connectivity index (χ1n) is 9.22. The van der Waals surface area contributed by atoms with Crippen LogP contribution < -0.4 is 10.6 Å². The summed E-state index contributed by atoms with van der Waals surface area (Å²) in [6.07, 6.45) is 5.46. The van der Waals surface area contributed by atoms with Crippen LogP contribution in [-0.2, 0) is 0 Å². The maximum absolute atomic E-state index is 10.3. The molecule has 1 aliphatic carbocycles. The number of nitrogens with one attached hydrogen (secondary N) is 2. The minimum Gasteiger partial charge on any atom is -0.388 e. The van der Waals surface area contributed by atoms with Crippen molar-refractivity contribution in [3.8, 4) is 0 Å². The molecule has 1 atom stereocenters. The Bertz CT molecular complexity index is 521. The third-order valence-corrected chi connectivity index (χ3v) is 6.05. The van der Waals surface area contributed by atoms with E-state index in [1.54, 1.807) is 0 Å². The summed E-state index contributed by atoms with van der Waals surface area (Å²) in [4.78, 5) is 8.60. The number of hydrogen-bond acceptors (Lipinski definition) is 4. The van der Waals surface area contributed by atoms with Gasteiger partial charge in [0, 0.05) is 18.0 Å². The van der Waals surface area contributed by atoms with E-state index >= 15 is 0 Å². The normalized spacial score (nSPS) is 22.2. The smallest absolute Gasteiger partial charge is 0.191 e. The summed E-state index contributed by atoms with van der Waals surface area (Å²) in [6.45, 7) is 6.61. The highest BCUT2D eigenvalue weighted by Gasteiger charge is 2.34. The molecular formula is C18H30N4OS. The van der Waals surface area contributed by atoms with Gasteiger partial charge in [-0.2, -0.15) is 0 Å². The molecule has 24 heavy (non-hydrogen) atoms. The van der Waals surface area contributed by atoms with Crippen molar-refractivity contribution >= 4 is 17.3 Å². The minimum absolute atomic E-state index is 0.406. The van der Waals surface area contributed by atoms with Crippen LogP contribution in [0, 0.1) is 0 Å². The zero-order valence-electron chi connectivity index (χ0n) is 14.6. The van der Waals surface area contributed by atoms with Crippen LogP contribution in [0.3, 0.4) is 0 Å². The lowest BCUT2D eigenvalue weighted by Gasteiger charge is -2.35. The van der Waals surface area contributed by atoms with E-state index in [2.05, 4.69) is 45.0 Å². The summed E-state index contributed by atoms with van der Waals surface area (Å²) in [6, 6.07) is 4.77. The SMILES string of the molecule is CCNC(=NCC1(O)CCC1)NCC(c1cccs1)N1CCCC1. The molecule has 1 aromatic rings. The van der Waals surface area contributed by atoms with E-state index in [0.29, 0.717) is 12.6 Å². The van der Waals surface area contributed by atoms with Gasteiger partial charge in [-0.15, -0.1) is 11.3 Å². The van der Waals surface area contributed by atoms with Gasteiger partial charge in [-0.3, -0.25) is 9.89 Å². The van der Waals surface area contributed by atoms with Crippen LogP contribution in [0.5, 0.6) is 0 Å².